The van der Waals surface area contributed by atoms with Crippen molar-refractivity contribution in [3.05, 3.63) is 71.4 Å². The number of carboxylic acid groups (broad SMARTS) is 1. The molecular formula is C17H15NO2. The van der Waals surface area contributed by atoms with Crippen LogP contribution in [0, 0.1) is 0 Å². The van der Waals surface area contributed by atoms with E-state index in [0.29, 0.717) is 5.56 Å². The van der Waals surface area contributed by atoms with Gasteiger partial charge in [0.05, 0.1) is 5.56 Å². The van der Waals surface area contributed by atoms with Gasteiger partial charge in [-0.3, -0.25) is 0 Å². The Morgan fingerprint density at radius 2 is 1.90 bits per heavy atom. The third-order valence-corrected chi connectivity index (χ3v) is 3.53. The zero-order valence-corrected chi connectivity index (χ0v) is 11.2. The topological polar surface area (TPSA) is 42.2 Å². The molecule has 0 bridgehead atoms. The number of aromatic carboxylic acids is 1. The number of benzene rings is 2. The molecule has 0 unspecified atom stereocenters. The summed E-state index contributed by atoms with van der Waals surface area (Å²) in [6, 6.07) is 15.5. The van der Waals surface area contributed by atoms with Crippen LogP contribution in [0.4, 0.5) is 0 Å². The average Bonchev–Trinajstić information content (AvgIpc) is 2.81. The van der Waals surface area contributed by atoms with Crippen molar-refractivity contribution in [3.8, 4) is 0 Å². The van der Waals surface area contributed by atoms with E-state index < -0.39 is 5.97 Å². The second-order valence-corrected chi connectivity index (χ2v) is 5.00. The van der Waals surface area contributed by atoms with Gasteiger partial charge in [-0.25, -0.2) is 4.79 Å². The summed E-state index contributed by atoms with van der Waals surface area (Å²) >= 11 is 0. The smallest absolute Gasteiger partial charge is 0.335 e. The minimum Gasteiger partial charge on any atom is -0.478 e. The molecule has 0 aliphatic carbocycles. The van der Waals surface area contributed by atoms with E-state index in [2.05, 4.69) is 28.8 Å². The Kier molecular flexibility index (Phi) is 3.03. The molecule has 1 heterocycles. The summed E-state index contributed by atoms with van der Waals surface area (Å²) in [6.07, 6.45) is 2.78. The van der Waals surface area contributed by atoms with Crippen LogP contribution in [-0.4, -0.2) is 15.6 Å². The Bertz CT molecular complexity index is 787. The minimum atomic E-state index is -0.885. The normalized spacial score (nSPS) is 10.8. The van der Waals surface area contributed by atoms with Crippen molar-refractivity contribution in [1.29, 1.82) is 0 Å². The SMILES string of the molecule is Cn1ccc2ccc(Cc3cccc(C(=O)O)c3)cc21. The van der Waals surface area contributed by atoms with E-state index in [1.165, 1.54) is 16.5 Å². The fourth-order valence-corrected chi connectivity index (χ4v) is 2.47. The van der Waals surface area contributed by atoms with Crippen molar-refractivity contribution in [2.75, 3.05) is 0 Å². The fraction of sp³-hybridized carbons (Fsp3) is 0.118. The van der Waals surface area contributed by atoms with Crippen molar-refractivity contribution in [1.82, 2.24) is 4.57 Å². The van der Waals surface area contributed by atoms with Gasteiger partial charge in [-0.2, -0.15) is 0 Å². The second-order valence-electron chi connectivity index (χ2n) is 5.00. The highest BCUT2D eigenvalue weighted by Gasteiger charge is 2.05. The van der Waals surface area contributed by atoms with Gasteiger partial charge in [0, 0.05) is 18.8 Å². The molecule has 1 aromatic heterocycles. The largest absolute Gasteiger partial charge is 0.478 e. The highest BCUT2D eigenvalue weighted by Crippen LogP contribution is 2.19. The summed E-state index contributed by atoms with van der Waals surface area (Å²) in [7, 11) is 2.02. The molecule has 3 rings (SSSR count). The number of rotatable bonds is 3. The van der Waals surface area contributed by atoms with Crippen LogP contribution in [0.15, 0.2) is 54.7 Å². The lowest BCUT2D eigenvalue weighted by atomic mass is 10.0. The highest BCUT2D eigenvalue weighted by molar-refractivity contribution is 5.87. The first-order valence-electron chi connectivity index (χ1n) is 6.50. The van der Waals surface area contributed by atoms with Crippen molar-refractivity contribution >= 4 is 16.9 Å². The summed E-state index contributed by atoms with van der Waals surface area (Å²) in [5.74, 6) is -0.885. The van der Waals surface area contributed by atoms with Gasteiger partial charge in [0.15, 0.2) is 0 Å². The average molecular weight is 265 g/mol. The number of aryl methyl sites for hydroxylation is 1. The lowest BCUT2D eigenvalue weighted by Crippen LogP contribution is -1.98. The Labute approximate surface area is 117 Å². The third kappa shape index (κ3) is 2.30. The van der Waals surface area contributed by atoms with Crippen LogP contribution in [0.2, 0.25) is 0 Å². The predicted octanol–water partition coefficient (Wildman–Crippen LogP) is 3.47. The molecule has 0 amide bonds. The van der Waals surface area contributed by atoms with Gasteiger partial charge in [0.25, 0.3) is 0 Å². The molecule has 0 aliphatic rings. The monoisotopic (exact) mass is 265 g/mol. The fourth-order valence-electron chi connectivity index (χ4n) is 2.47. The van der Waals surface area contributed by atoms with Gasteiger partial charge in [-0.05, 0) is 47.2 Å². The van der Waals surface area contributed by atoms with Crippen molar-refractivity contribution in [3.63, 3.8) is 0 Å². The van der Waals surface area contributed by atoms with Crippen LogP contribution in [0.1, 0.15) is 21.5 Å². The molecule has 0 saturated heterocycles. The van der Waals surface area contributed by atoms with Crippen LogP contribution in [0.25, 0.3) is 10.9 Å². The van der Waals surface area contributed by atoms with Gasteiger partial charge >= 0.3 is 5.97 Å². The zero-order valence-electron chi connectivity index (χ0n) is 11.2. The zero-order chi connectivity index (χ0) is 14.1. The molecular weight excluding hydrogens is 250 g/mol. The van der Waals surface area contributed by atoms with Crippen molar-refractivity contribution in [2.45, 2.75) is 6.42 Å². The third-order valence-electron chi connectivity index (χ3n) is 3.53. The number of fused-ring (bicyclic) bond motifs is 1. The Morgan fingerprint density at radius 1 is 1.10 bits per heavy atom. The van der Waals surface area contributed by atoms with Gasteiger partial charge in [-0.1, -0.05) is 24.3 Å². The van der Waals surface area contributed by atoms with Crippen molar-refractivity contribution < 1.29 is 9.90 Å². The van der Waals surface area contributed by atoms with E-state index in [-0.39, 0.29) is 0 Å². The quantitative estimate of drug-likeness (QED) is 0.788. The Hall–Kier alpha value is -2.55. The van der Waals surface area contributed by atoms with E-state index >= 15 is 0 Å². The number of nitrogens with zero attached hydrogens (tertiary/aromatic N) is 1. The maximum atomic E-state index is 11.0. The first-order chi connectivity index (χ1) is 9.63. The standard InChI is InChI=1S/C17H15NO2/c1-18-8-7-14-6-5-13(11-16(14)18)9-12-3-2-4-15(10-12)17(19)20/h2-8,10-11H,9H2,1H3,(H,19,20). The molecule has 100 valence electrons. The van der Waals surface area contributed by atoms with E-state index in [4.69, 9.17) is 5.11 Å². The van der Waals surface area contributed by atoms with Gasteiger partial charge in [0.1, 0.15) is 0 Å². The summed E-state index contributed by atoms with van der Waals surface area (Å²) in [5, 5.41) is 10.2. The maximum absolute atomic E-state index is 11.0. The van der Waals surface area contributed by atoms with Crippen LogP contribution < -0.4 is 0 Å². The van der Waals surface area contributed by atoms with E-state index in [0.717, 1.165) is 12.0 Å². The van der Waals surface area contributed by atoms with E-state index in [1.54, 1.807) is 18.2 Å². The molecule has 20 heavy (non-hydrogen) atoms. The van der Waals surface area contributed by atoms with Crippen molar-refractivity contribution in [2.24, 2.45) is 7.05 Å². The molecule has 3 heteroatoms. The lowest BCUT2D eigenvalue weighted by Gasteiger charge is -2.05. The Morgan fingerprint density at radius 3 is 2.70 bits per heavy atom. The number of carboxylic acids is 1. The number of carbonyl (C=O) groups is 1. The molecule has 3 nitrogen and oxygen atoms in total. The van der Waals surface area contributed by atoms with E-state index in [9.17, 15) is 4.79 Å². The molecule has 0 saturated carbocycles. The summed E-state index contributed by atoms with van der Waals surface area (Å²) < 4.78 is 2.09. The molecule has 0 aliphatic heterocycles. The lowest BCUT2D eigenvalue weighted by molar-refractivity contribution is 0.0697. The number of hydrogen-bond donors (Lipinski definition) is 1. The maximum Gasteiger partial charge on any atom is 0.335 e. The molecule has 3 aromatic rings. The van der Waals surface area contributed by atoms with Gasteiger partial charge < -0.3 is 9.67 Å². The molecule has 0 spiro atoms. The predicted molar refractivity (Wildman–Crippen MR) is 79.1 cm³/mol. The van der Waals surface area contributed by atoms with Crippen LogP contribution in [-0.2, 0) is 13.5 Å². The van der Waals surface area contributed by atoms with Crippen LogP contribution in [0.5, 0.6) is 0 Å². The first-order valence-corrected chi connectivity index (χ1v) is 6.50. The molecule has 0 fully saturated rings. The Balaban J connectivity index is 1.94. The summed E-state index contributed by atoms with van der Waals surface area (Å²) in [4.78, 5) is 11.0. The summed E-state index contributed by atoms with van der Waals surface area (Å²) in [5.41, 5.74) is 3.72. The minimum absolute atomic E-state index is 0.336. The van der Waals surface area contributed by atoms with Gasteiger partial charge in [0.2, 0.25) is 0 Å². The molecule has 2 aromatic carbocycles. The molecule has 0 radical (unpaired) electrons. The van der Waals surface area contributed by atoms with E-state index in [1.807, 2.05) is 19.3 Å². The number of aromatic nitrogens is 1. The molecule has 1 N–H and O–H groups in total. The molecule has 0 atom stereocenters. The second kappa shape index (κ2) is 4.85. The first kappa shape index (κ1) is 12.5. The highest BCUT2D eigenvalue weighted by atomic mass is 16.4. The summed E-state index contributed by atoms with van der Waals surface area (Å²) in [6.45, 7) is 0. The number of hydrogen-bond acceptors (Lipinski definition) is 1. The van der Waals surface area contributed by atoms with Crippen LogP contribution in [0.3, 0.4) is 0 Å². The van der Waals surface area contributed by atoms with Gasteiger partial charge in [-0.15, -0.1) is 0 Å². The van der Waals surface area contributed by atoms with Crippen LogP contribution >= 0.6 is 0 Å².